The zero-order chi connectivity index (χ0) is 10.4. The van der Waals surface area contributed by atoms with Crippen molar-refractivity contribution in [2.75, 3.05) is 0 Å². The Bertz CT molecular complexity index is 271. The first-order chi connectivity index (χ1) is 5.93. The third-order valence-electron chi connectivity index (χ3n) is 1.43. The molecule has 0 spiro atoms. The van der Waals surface area contributed by atoms with Crippen molar-refractivity contribution in [2.24, 2.45) is 11.5 Å². The molecule has 0 amide bonds. The number of allylic oxidation sites excluding steroid dienone is 4. The summed E-state index contributed by atoms with van der Waals surface area (Å²) in [4.78, 5) is 10.7. The second-order valence-corrected chi connectivity index (χ2v) is 3.01. The molecule has 0 saturated heterocycles. The van der Waals surface area contributed by atoms with Crippen LogP contribution in [0, 0.1) is 0 Å². The van der Waals surface area contributed by atoms with Crippen LogP contribution in [0.25, 0.3) is 0 Å². The molecule has 0 saturated carbocycles. The smallest absolute Gasteiger partial charge is 0.134 e. The molecule has 0 bridgehead atoms. The molecule has 0 heterocycles. The monoisotopic (exact) mass is 180 g/mol. The number of hydrogen-bond acceptors (Lipinski definition) is 3. The van der Waals surface area contributed by atoms with Gasteiger partial charge in [0.15, 0.2) is 0 Å². The van der Waals surface area contributed by atoms with Gasteiger partial charge in [-0.2, -0.15) is 0 Å². The Labute approximate surface area is 78.8 Å². The van der Waals surface area contributed by atoms with Gasteiger partial charge in [-0.25, -0.2) is 0 Å². The second-order valence-electron chi connectivity index (χ2n) is 3.01. The molecule has 4 N–H and O–H groups in total. The lowest BCUT2D eigenvalue weighted by Crippen LogP contribution is -2.04. The van der Waals surface area contributed by atoms with Crippen LogP contribution < -0.4 is 11.5 Å². The van der Waals surface area contributed by atoms with E-state index in [0.717, 1.165) is 5.57 Å². The molecule has 0 aromatic heterocycles. The molecule has 13 heavy (non-hydrogen) atoms. The molecule has 0 aromatic rings. The molecule has 3 nitrogen and oxygen atoms in total. The average molecular weight is 180 g/mol. The van der Waals surface area contributed by atoms with E-state index in [0.29, 0.717) is 17.8 Å². The molecule has 0 fully saturated rings. The van der Waals surface area contributed by atoms with Gasteiger partial charge in [-0.1, -0.05) is 12.7 Å². The van der Waals surface area contributed by atoms with Crippen LogP contribution in [0.2, 0.25) is 0 Å². The molecular weight excluding hydrogens is 164 g/mol. The van der Waals surface area contributed by atoms with Crippen LogP contribution in [0.5, 0.6) is 0 Å². The summed E-state index contributed by atoms with van der Waals surface area (Å²) in [5, 5.41) is 0. The fraction of sp³-hybridized carbons (Fsp3) is 0.300. The summed E-state index contributed by atoms with van der Waals surface area (Å²) in [6.45, 7) is 6.94. The highest BCUT2D eigenvalue weighted by molar-refractivity contribution is 5.78. The lowest BCUT2D eigenvalue weighted by atomic mass is 10.1. The van der Waals surface area contributed by atoms with Gasteiger partial charge in [0.1, 0.15) is 5.78 Å². The summed E-state index contributed by atoms with van der Waals surface area (Å²) in [6.07, 6.45) is 3.71. The maximum Gasteiger partial charge on any atom is 0.134 e. The standard InChI is InChI=1S/C10H16N2O/c1-7(6-8(2)13)4-5-10(12)9(3)11/h4-5H,1,6,11-12H2,2-3H3/b5-4-,10-9-. The Morgan fingerprint density at radius 2 is 1.85 bits per heavy atom. The molecule has 3 heteroatoms. The number of Topliss-reactive ketones (excluding diaryl/α,β-unsaturated/α-hetero) is 1. The van der Waals surface area contributed by atoms with Crippen LogP contribution >= 0.6 is 0 Å². The van der Waals surface area contributed by atoms with Gasteiger partial charge < -0.3 is 11.5 Å². The summed E-state index contributed by atoms with van der Waals surface area (Å²) in [7, 11) is 0. The van der Waals surface area contributed by atoms with E-state index in [-0.39, 0.29) is 5.78 Å². The second kappa shape index (κ2) is 5.19. The Kier molecular flexibility index (Phi) is 4.59. The van der Waals surface area contributed by atoms with Crippen LogP contribution in [-0.4, -0.2) is 5.78 Å². The molecule has 0 radical (unpaired) electrons. The number of rotatable bonds is 4. The van der Waals surface area contributed by atoms with E-state index in [1.807, 2.05) is 0 Å². The van der Waals surface area contributed by atoms with Crippen molar-refractivity contribution < 1.29 is 4.79 Å². The molecule has 72 valence electrons. The van der Waals surface area contributed by atoms with E-state index in [1.54, 1.807) is 19.1 Å². The van der Waals surface area contributed by atoms with Crippen LogP contribution in [0.4, 0.5) is 0 Å². The maximum absolute atomic E-state index is 10.7. The highest BCUT2D eigenvalue weighted by Crippen LogP contribution is 2.02. The number of carbonyl (C=O) groups is 1. The van der Waals surface area contributed by atoms with Gasteiger partial charge in [0, 0.05) is 12.1 Å². The number of nitrogens with two attached hydrogens (primary N) is 2. The van der Waals surface area contributed by atoms with Crippen molar-refractivity contribution in [2.45, 2.75) is 20.3 Å². The van der Waals surface area contributed by atoms with Crippen LogP contribution in [0.1, 0.15) is 20.3 Å². The van der Waals surface area contributed by atoms with Gasteiger partial charge >= 0.3 is 0 Å². The highest BCUT2D eigenvalue weighted by Gasteiger charge is 1.94. The lowest BCUT2D eigenvalue weighted by molar-refractivity contribution is -0.116. The van der Waals surface area contributed by atoms with Crippen LogP contribution in [-0.2, 0) is 4.79 Å². The first-order valence-corrected chi connectivity index (χ1v) is 4.00. The van der Waals surface area contributed by atoms with Crippen molar-refractivity contribution in [1.29, 1.82) is 0 Å². The molecule has 0 rings (SSSR count). The highest BCUT2D eigenvalue weighted by atomic mass is 16.1. The minimum absolute atomic E-state index is 0.0849. The Morgan fingerprint density at radius 1 is 1.31 bits per heavy atom. The Hall–Kier alpha value is -1.51. The van der Waals surface area contributed by atoms with Crippen molar-refractivity contribution >= 4 is 5.78 Å². The molecule has 0 unspecified atom stereocenters. The van der Waals surface area contributed by atoms with Gasteiger partial charge in [-0.05, 0) is 25.5 Å². The van der Waals surface area contributed by atoms with Crippen molar-refractivity contribution in [3.05, 3.63) is 35.7 Å². The van der Waals surface area contributed by atoms with Crippen molar-refractivity contribution in [3.8, 4) is 0 Å². The first-order valence-electron chi connectivity index (χ1n) is 4.00. The molecule has 0 aliphatic heterocycles. The SMILES string of the molecule is C=C(/C=C\C(N)=C(/C)N)CC(C)=O. The van der Waals surface area contributed by atoms with E-state index in [9.17, 15) is 4.79 Å². The van der Waals surface area contributed by atoms with Gasteiger partial charge in [0.2, 0.25) is 0 Å². The van der Waals surface area contributed by atoms with Crippen molar-refractivity contribution in [3.63, 3.8) is 0 Å². The van der Waals surface area contributed by atoms with E-state index in [1.165, 1.54) is 6.92 Å². The van der Waals surface area contributed by atoms with E-state index in [2.05, 4.69) is 6.58 Å². The third kappa shape index (κ3) is 5.73. The fourth-order valence-corrected chi connectivity index (χ4v) is 0.718. The zero-order valence-corrected chi connectivity index (χ0v) is 8.13. The number of hydrogen-bond donors (Lipinski definition) is 2. The van der Waals surface area contributed by atoms with Gasteiger partial charge in [-0.15, -0.1) is 0 Å². The summed E-state index contributed by atoms with van der Waals surface area (Å²) in [6, 6.07) is 0. The lowest BCUT2D eigenvalue weighted by Gasteiger charge is -1.97. The minimum atomic E-state index is 0.0849. The van der Waals surface area contributed by atoms with Crippen LogP contribution in [0.15, 0.2) is 35.7 Å². The number of carbonyl (C=O) groups excluding carboxylic acids is 1. The van der Waals surface area contributed by atoms with E-state index >= 15 is 0 Å². The summed E-state index contributed by atoms with van der Waals surface area (Å²) >= 11 is 0. The predicted octanol–water partition coefficient (Wildman–Crippen LogP) is 1.23. The summed E-state index contributed by atoms with van der Waals surface area (Å²) in [5.74, 6) is 0.0849. The Balaban J connectivity index is 4.21. The van der Waals surface area contributed by atoms with E-state index in [4.69, 9.17) is 11.5 Å². The zero-order valence-electron chi connectivity index (χ0n) is 8.13. The molecule has 0 aromatic carbocycles. The van der Waals surface area contributed by atoms with Gasteiger partial charge in [0.25, 0.3) is 0 Å². The predicted molar refractivity (Wildman–Crippen MR) is 54.7 cm³/mol. The molecule has 0 aliphatic carbocycles. The molecule has 0 atom stereocenters. The van der Waals surface area contributed by atoms with Crippen molar-refractivity contribution in [1.82, 2.24) is 0 Å². The minimum Gasteiger partial charge on any atom is -0.401 e. The van der Waals surface area contributed by atoms with Crippen LogP contribution in [0.3, 0.4) is 0 Å². The summed E-state index contributed by atoms with van der Waals surface area (Å²) in [5.41, 5.74) is 12.8. The van der Waals surface area contributed by atoms with E-state index < -0.39 is 0 Å². The Morgan fingerprint density at radius 3 is 2.23 bits per heavy atom. The van der Waals surface area contributed by atoms with Gasteiger partial charge in [-0.3, -0.25) is 4.79 Å². The summed E-state index contributed by atoms with van der Waals surface area (Å²) < 4.78 is 0. The fourth-order valence-electron chi connectivity index (χ4n) is 0.718. The van der Waals surface area contributed by atoms with Gasteiger partial charge in [0.05, 0.1) is 5.70 Å². The quantitative estimate of drug-likeness (QED) is 0.639. The normalized spacial score (nSPS) is 12.8. The molecule has 0 aliphatic rings. The largest absolute Gasteiger partial charge is 0.401 e. The number of ketones is 1. The topological polar surface area (TPSA) is 69.1 Å². The first kappa shape index (κ1) is 11.5. The maximum atomic E-state index is 10.7. The third-order valence-corrected chi connectivity index (χ3v) is 1.43. The molecular formula is C10H16N2O. The average Bonchev–Trinajstić information content (AvgIpc) is 1.98.